The summed E-state index contributed by atoms with van der Waals surface area (Å²) >= 11 is 1.69. The fourth-order valence-corrected chi connectivity index (χ4v) is 4.68. The summed E-state index contributed by atoms with van der Waals surface area (Å²) in [6.07, 6.45) is 7.84. The Kier molecular flexibility index (Phi) is 4.52. The number of aryl methyl sites for hydroxylation is 1. The minimum absolute atomic E-state index is 0.794. The maximum atomic E-state index is 5.57. The van der Waals surface area contributed by atoms with Gasteiger partial charge in [-0.15, -0.1) is 11.3 Å². The van der Waals surface area contributed by atoms with Crippen molar-refractivity contribution < 1.29 is 9.47 Å². The zero-order valence-electron chi connectivity index (χ0n) is 16.9. The average molecular weight is 417 g/mol. The van der Waals surface area contributed by atoms with Gasteiger partial charge in [-0.2, -0.15) is 5.10 Å². The van der Waals surface area contributed by atoms with Gasteiger partial charge >= 0.3 is 0 Å². The van der Waals surface area contributed by atoms with Crippen LogP contribution in [0.2, 0.25) is 0 Å². The van der Waals surface area contributed by atoms with Crippen LogP contribution in [0.25, 0.3) is 37.8 Å². The quantitative estimate of drug-likeness (QED) is 0.398. The van der Waals surface area contributed by atoms with Gasteiger partial charge in [0.25, 0.3) is 0 Å². The van der Waals surface area contributed by atoms with E-state index in [-0.39, 0.29) is 0 Å². The minimum atomic E-state index is 0.794. The van der Waals surface area contributed by atoms with Crippen LogP contribution in [-0.4, -0.2) is 33.4 Å². The molecule has 0 bridgehead atoms. The highest BCUT2D eigenvalue weighted by Crippen LogP contribution is 2.43. The van der Waals surface area contributed by atoms with E-state index in [0.717, 1.165) is 49.3 Å². The fraction of sp³-hybridized carbons (Fsp3) is 0.130. The number of benzene rings is 1. The molecule has 0 aliphatic carbocycles. The van der Waals surface area contributed by atoms with E-state index in [9.17, 15) is 0 Å². The first-order chi connectivity index (χ1) is 14.7. The molecule has 4 heterocycles. The van der Waals surface area contributed by atoms with Gasteiger partial charge in [0.2, 0.25) is 0 Å². The second-order valence-electron chi connectivity index (χ2n) is 6.89. The number of rotatable bonds is 5. The van der Waals surface area contributed by atoms with Crippen molar-refractivity contribution in [3.63, 3.8) is 0 Å². The van der Waals surface area contributed by atoms with E-state index in [1.54, 1.807) is 30.2 Å². The molecule has 5 aromatic rings. The number of thiophene rings is 1. The van der Waals surface area contributed by atoms with Crippen molar-refractivity contribution >= 4 is 17.0 Å². The van der Waals surface area contributed by atoms with E-state index < -0.39 is 0 Å². The van der Waals surface area contributed by atoms with Crippen molar-refractivity contribution in [3.8, 4) is 43.6 Å². The number of ether oxygens (including phenoxy) is 2. The number of hydrogen-bond acceptors (Lipinski definition) is 5. The minimum Gasteiger partial charge on any atom is -0.496 e. The molecule has 0 saturated heterocycles. The number of pyridine rings is 1. The monoisotopic (exact) mass is 416 g/mol. The molecule has 0 N–H and O–H groups in total. The van der Waals surface area contributed by atoms with Crippen LogP contribution in [0.1, 0.15) is 0 Å². The summed E-state index contributed by atoms with van der Waals surface area (Å²) < 4.78 is 15.1. The molecule has 4 aromatic heterocycles. The van der Waals surface area contributed by atoms with Crippen LogP contribution >= 0.6 is 11.3 Å². The van der Waals surface area contributed by atoms with Gasteiger partial charge in [-0.05, 0) is 42.0 Å². The van der Waals surface area contributed by atoms with Gasteiger partial charge in [0.15, 0.2) is 0 Å². The Bertz CT molecular complexity index is 1330. The molecular weight excluding hydrogens is 396 g/mol. The summed E-state index contributed by atoms with van der Waals surface area (Å²) in [6, 6.07) is 14.2. The Morgan fingerprint density at radius 2 is 1.67 bits per heavy atom. The smallest absolute Gasteiger partial charge is 0.137 e. The Balaban J connectivity index is 1.56. The Labute approximate surface area is 178 Å². The molecule has 5 rings (SSSR count). The van der Waals surface area contributed by atoms with Gasteiger partial charge in [-0.3, -0.25) is 9.08 Å². The molecule has 6 nitrogen and oxygen atoms in total. The molecule has 0 saturated carbocycles. The number of aromatic nitrogens is 4. The molecule has 30 heavy (non-hydrogen) atoms. The second kappa shape index (κ2) is 7.35. The highest BCUT2D eigenvalue weighted by atomic mass is 32.1. The summed E-state index contributed by atoms with van der Waals surface area (Å²) in [5, 5.41) is 4.26. The van der Waals surface area contributed by atoms with E-state index in [1.165, 1.54) is 0 Å². The van der Waals surface area contributed by atoms with Gasteiger partial charge < -0.3 is 9.47 Å². The standard InChI is InChI=1S/C23H20N4O2S/c1-26-14-16(12-25-26)15-9-10-27-17(13-24-22(27)11-15)20-7-8-21(30-20)23-18(28-2)5-4-6-19(23)29-3/h4-14H,1-3H3. The number of fused-ring (bicyclic) bond motifs is 1. The number of nitrogens with zero attached hydrogens (tertiary/aromatic N) is 4. The Hall–Kier alpha value is -3.58. The SMILES string of the molecule is COc1cccc(OC)c1-c1ccc(-c2cnc3cc(-c4cnn(C)c4)ccn23)s1. The third-order valence-electron chi connectivity index (χ3n) is 5.08. The fourth-order valence-electron chi connectivity index (χ4n) is 3.62. The topological polar surface area (TPSA) is 53.6 Å². The molecule has 7 heteroatoms. The first-order valence-electron chi connectivity index (χ1n) is 9.45. The van der Waals surface area contributed by atoms with Gasteiger partial charge in [-0.1, -0.05) is 6.07 Å². The van der Waals surface area contributed by atoms with E-state index >= 15 is 0 Å². The summed E-state index contributed by atoms with van der Waals surface area (Å²) in [4.78, 5) is 6.84. The van der Waals surface area contributed by atoms with Crippen LogP contribution < -0.4 is 9.47 Å². The maximum absolute atomic E-state index is 5.57. The van der Waals surface area contributed by atoms with Crippen molar-refractivity contribution in [1.29, 1.82) is 0 Å². The zero-order chi connectivity index (χ0) is 20.7. The molecular formula is C23H20N4O2S. The number of imidazole rings is 1. The van der Waals surface area contributed by atoms with Crippen molar-refractivity contribution in [1.82, 2.24) is 19.2 Å². The van der Waals surface area contributed by atoms with E-state index in [1.807, 2.05) is 43.8 Å². The molecule has 0 unspecified atom stereocenters. The predicted octanol–water partition coefficient (Wildman–Crippen LogP) is 5.15. The lowest BCUT2D eigenvalue weighted by atomic mass is 10.1. The van der Waals surface area contributed by atoms with Crippen molar-refractivity contribution in [2.75, 3.05) is 14.2 Å². The third-order valence-corrected chi connectivity index (χ3v) is 6.21. The zero-order valence-corrected chi connectivity index (χ0v) is 17.7. The molecule has 0 atom stereocenters. The Morgan fingerprint density at radius 1 is 0.900 bits per heavy atom. The highest BCUT2D eigenvalue weighted by Gasteiger charge is 2.16. The lowest BCUT2D eigenvalue weighted by molar-refractivity contribution is 0.397. The highest BCUT2D eigenvalue weighted by molar-refractivity contribution is 7.18. The average Bonchev–Trinajstić information content (AvgIpc) is 3.51. The number of hydrogen-bond donors (Lipinski definition) is 0. The molecule has 0 fully saturated rings. The molecule has 0 aliphatic heterocycles. The van der Waals surface area contributed by atoms with E-state index in [0.29, 0.717) is 0 Å². The summed E-state index contributed by atoms with van der Waals surface area (Å²) in [7, 11) is 5.27. The van der Waals surface area contributed by atoms with Crippen LogP contribution in [0.3, 0.4) is 0 Å². The van der Waals surface area contributed by atoms with Gasteiger partial charge in [0.05, 0.1) is 42.7 Å². The molecule has 150 valence electrons. The molecule has 0 amide bonds. The van der Waals surface area contributed by atoms with Gasteiger partial charge in [0.1, 0.15) is 17.1 Å². The number of methoxy groups -OCH3 is 2. The van der Waals surface area contributed by atoms with E-state index in [4.69, 9.17) is 9.47 Å². The lowest BCUT2D eigenvalue weighted by Gasteiger charge is -2.11. The van der Waals surface area contributed by atoms with Crippen LogP contribution in [-0.2, 0) is 7.05 Å². The van der Waals surface area contributed by atoms with Crippen LogP contribution in [0, 0.1) is 0 Å². The predicted molar refractivity (Wildman–Crippen MR) is 119 cm³/mol. The maximum Gasteiger partial charge on any atom is 0.137 e. The molecule has 0 spiro atoms. The van der Waals surface area contributed by atoms with Crippen LogP contribution in [0.5, 0.6) is 11.5 Å². The summed E-state index contributed by atoms with van der Waals surface area (Å²) in [6.45, 7) is 0. The molecule has 1 aromatic carbocycles. The van der Waals surface area contributed by atoms with E-state index in [2.05, 4.69) is 44.9 Å². The second-order valence-corrected chi connectivity index (χ2v) is 7.97. The molecule has 0 aliphatic rings. The van der Waals surface area contributed by atoms with Crippen molar-refractivity contribution in [2.45, 2.75) is 0 Å². The largest absolute Gasteiger partial charge is 0.496 e. The van der Waals surface area contributed by atoms with Crippen LogP contribution in [0.15, 0.2) is 67.3 Å². The first-order valence-corrected chi connectivity index (χ1v) is 10.3. The van der Waals surface area contributed by atoms with Crippen molar-refractivity contribution in [3.05, 3.63) is 67.3 Å². The van der Waals surface area contributed by atoms with Gasteiger partial charge in [-0.25, -0.2) is 4.98 Å². The van der Waals surface area contributed by atoms with Crippen molar-refractivity contribution in [2.24, 2.45) is 7.05 Å². The normalized spacial score (nSPS) is 11.2. The lowest BCUT2D eigenvalue weighted by Crippen LogP contribution is -1.91. The summed E-state index contributed by atoms with van der Waals surface area (Å²) in [5.74, 6) is 1.59. The Morgan fingerprint density at radius 3 is 2.37 bits per heavy atom. The van der Waals surface area contributed by atoms with Gasteiger partial charge in [0, 0.05) is 29.9 Å². The summed E-state index contributed by atoms with van der Waals surface area (Å²) in [5.41, 5.74) is 5.08. The molecule has 0 radical (unpaired) electrons. The third kappa shape index (κ3) is 3.04. The van der Waals surface area contributed by atoms with Crippen LogP contribution in [0.4, 0.5) is 0 Å². The first kappa shape index (κ1) is 18.4.